The summed E-state index contributed by atoms with van der Waals surface area (Å²) in [5, 5.41) is 0. The Morgan fingerprint density at radius 3 is 0.714 bits per heavy atom. The van der Waals surface area contributed by atoms with Crippen molar-refractivity contribution in [3.63, 3.8) is 0 Å². The summed E-state index contributed by atoms with van der Waals surface area (Å²) in [5.74, 6) is 3.41. The normalized spacial score (nSPS) is 12.0. The molecule has 3 heteroatoms. The molecule has 0 atom stereocenters. The van der Waals surface area contributed by atoms with Crippen LogP contribution in [0.5, 0.6) is 0 Å². The van der Waals surface area contributed by atoms with Crippen LogP contribution in [0.25, 0.3) is 0 Å². The molecule has 0 rings (SSSR count). The molecule has 35 heavy (non-hydrogen) atoms. The second kappa shape index (κ2) is 29.8. The van der Waals surface area contributed by atoms with Crippen LogP contribution in [0.2, 0.25) is 0 Å². The molecular formula is C32H69P3. The molecule has 0 spiro atoms. The molecule has 0 saturated carbocycles. The summed E-state index contributed by atoms with van der Waals surface area (Å²) in [7, 11) is 0.931. The first kappa shape index (κ1) is 36.3. The lowest BCUT2D eigenvalue weighted by Gasteiger charge is -2.29. The van der Waals surface area contributed by atoms with E-state index in [1.54, 1.807) is 49.0 Å². The van der Waals surface area contributed by atoms with Gasteiger partial charge >= 0.3 is 0 Å². The van der Waals surface area contributed by atoms with E-state index in [-0.39, 0.29) is 0 Å². The lowest BCUT2D eigenvalue weighted by Crippen LogP contribution is -2.03. The van der Waals surface area contributed by atoms with Crippen molar-refractivity contribution in [2.24, 2.45) is 0 Å². The van der Waals surface area contributed by atoms with Gasteiger partial charge in [0.05, 0.1) is 0 Å². The minimum absolute atomic E-state index is 0.304. The maximum Gasteiger partial charge on any atom is -0.0117 e. The zero-order valence-electron chi connectivity index (χ0n) is 25.4. The first-order chi connectivity index (χ1) is 17.2. The molecule has 0 aliphatic rings. The van der Waals surface area contributed by atoms with Gasteiger partial charge in [-0.2, -0.15) is 0 Å². The summed E-state index contributed by atoms with van der Waals surface area (Å²) in [6, 6.07) is 0. The first-order valence-electron chi connectivity index (χ1n) is 16.4. The Kier molecular flexibility index (Phi) is 30.9. The predicted molar refractivity (Wildman–Crippen MR) is 176 cm³/mol. The Balaban J connectivity index is 5.06. The molecule has 0 amide bonds. The minimum Gasteiger partial charge on any atom is -0.102 e. The van der Waals surface area contributed by atoms with Crippen LogP contribution in [0.15, 0.2) is 0 Å². The van der Waals surface area contributed by atoms with Gasteiger partial charge in [-0.15, -0.1) is 15.8 Å². The highest BCUT2D eigenvalue weighted by Crippen LogP contribution is 2.59. The van der Waals surface area contributed by atoms with E-state index in [1.807, 2.05) is 0 Å². The van der Waals surface area contributed by atoms with Crippen molar-refractivity contribution in [2.75, 3.05) is 42.6 Å². The third-order valence-electron chi connectivity index (χ3n) is 7.44. The average Bonchev–Trinajstić information content (AvgIpc) is 2.86. The number of unbranched alkanes of at least 4 members (excludes halogenated alkanes) is 15. The average molecular weight is 547 g/mol. The van der Waals surface area contributed by atoms with Crippen LogP contribution in [0, 0.1) is 0 Å². The molecular weight excluding hydrogens is 477 g/mol. The summed E-state index contributed by atoms with van der Waals surface area (Å²) in [4.78, 5) is 0. The quantitative estimate of drug-likeness (QED) is 0.0646. The maximum atomic E-state index is 2.38. The highest BCUT2D eigenvalue weighted by molar-refractivity contribution is 7.81. The summed E-state index contributed by atoms with van der Waals surface area (Å²) >= 11 is 0. The largest absolute Gasteiger partial charge is 0.102 e. The van der Waals surface area contributed by atoms with Crippen molar-refractivity contribution in [1.82, 2.24) is 0 Å². The second-order valence-electron chi connectivity index (χ2n) is 11.2. The Morgan fingerprint density at radius 1 is 0.257 bits per heavy atom. The van der Waals surface area contributed by atoms with Crippen LogP contribution >= 0.6 is 23.8 Å². The Labute approximate surface area is 229 Å². The lowest BCUT2D eigenvalue weighted by atomic mass is 10.2. The van der Waals surface area contributed by atoms with Gasteiger partial charge in [0.15, 0.2) is 0 Å². The zero-order chi connectivity index (χ0) is 25.8. The standard InChI is InChI=1S/C32H69P3/c1-6-11-16-21-26-33(27-22-17-12-7-2)31-35(30-25-20-15-10-5)32-34(28-23-18-13-8-3)29-24-19-14-9-4/h6-32H2,1-5H3. The molecule has 0 aromatic rings. The van der Waals surface area contributed by atoms with Gasteiger partial charge < -0.3 is 0 Å². The van der Waals surface area contributed by atoms with E-state index in [1.165, 1.54) is 122 Å². The van der Waals surface area contributed by atoms with Gasteiger partial charge in [-0.25, -0.2) is 0 Å². The van der Waals surface area contributed by atoms with Crippen LogP contribution < -0.4 is 0 Å². The Morgan fingerprint density at radius 2 is 0.486 bits per heavy atom. The van der Waals surface area contributed by atoms with Gasteiger partial charge in [0, 0.05) is 0 Å². The van der Waals surface area contributed by atoms with Crippen molar-refractivity contribution in [3.05, 3.63) is 0 Å². The van der Waals surface area contributed by atoms with Crippen LogP contribution in [0.1, 0.15) is 163 Å². The van der Waals surface area contributed by atoms with Crippen LogP contribution in [0.3, 0.4) is 0 Å². The van der Waals surface area contributed by atoms with E-state index >= 15 is 0 Å². The van der Waals surface area contributed by atoms with Crippen LogP contribution in [-0.4, -0.2) is 42.6 Å². The summed E-state index contributed by atoms with van der Waals surface area (Å²) < 4.78 is 0. The van der Waals surface area contributed by atoms with E-state index in [0.717, 1.165) is 0 Å². The Bertz CT molecular complexity index is 333. The van der Waals surface area contributed by atoms with E-state index in [0.29, 0.717) is 23.8 Å². The predicted octanol–water partition coefficient (Wildman–Crippen LogP) is 13.2. The number of hydrogen-bond acceptors (Lipinski definition) is 0. The van der Waals surface area contributed by atoms with Gasteiger partial charge in [0.1, 0.15) is 0 Å². The molecule has 0 aromatic carbocycles. The first-order valence-corrected chi connectivity index (χ1v) is 22.1. The fourth-order valence-electron chi connectivity index (χ4n) is 5.07. The van der Waals surface area contributed by atoms with Crippen molar-refractivity contribution in [2.45, 2.75) is 163 Å². The lowest BCUT2D eigenvalue weighted by molar-refractivity contribution is 0.695. The van der Waals surface area contributed by atoms with E-state index in [9.17, 15) is 0 Å². The Hall–Kier alpha value is 1.29. The molecule has 212 valence electrons. The van der Waals surface area contributed by atoms with Gasteiger partial charge in [-0.3, -0.25) is 0 Å². The SMILES string of the molecule is CCCCCCP(CCCCCC)CP(CCCCCC)CP(CCCCCC)CCCCCC. The van der Waals surface area contributed by atoms with E-state index in [2.05, 4.69) is 34.6 Å². The van der Waals surface area contributed by atoms with Crippen molar-refractivity contribution in [3.8, 4) is 0 Å². The van der Waals surface area contributed by atoms with E-state index < -0.39 is 0 Å². The molecule has 0 bridgehead atoms. The summed E-state index contributed by atoms with van der Waals surface area (Å²) in [6.07, 6.45) is 37.5. The number of rotatable bonds is 29. The molecule has 0 aromatic heterocycles. The molecule has 0 N–H and O–H groups in total. The second-order valence-corrected chi connectivity index (χ2v) is 19.7. The molecule has 0 saturated heterocycles. The molecule has 0 heterocycles. The smallest absolute Gasteiger partial charge is 0.0117 e. The fourth-order valence-corrected chi connectivity index (χ4v) is 18.0. The topological polar surface area (TPSA) is 0 Å². The molecule has 0 radical (unpaired) electrons. The van der Waals surface area contributed by atoms with E-state index in [4.69, 9.17) is 0 Å². The van der Waals surface area contributed by atoms with Gasteiger partial charge in [0.25, 0.3) is 0 Å². The summed E-state index contributed by atoms with van der Waals surface area (Å²) in [6.45, 7) is 11.8. The highest BCUT2D eigenvalue weighted by Gasteiger charge is 2.19. The maximum absolute atomic E-state index is 2.38. The van der Waals surface area contributed by atoms with Crippen LogP contribution in [-0.2, 0) is 0 Å². The fraction of sp³-hybridized carbons (Fsp3) is 1.00. The molecule has 0 nitrogen and oxygen atoms in total. The number of hydrogen-bond donors (Lipinski definition) is 0. The van der Waals surface area contributed by atoms with Crippen molar-refractivity contribution >= 4 is 23.8 Å². The third-order valence-corrected chi connectivity index (χ3v) is 18.6. The van der Waals surface area contributed by atoms with Gasteiger partial charge in [-0.1, -0.05) is 139 Å². The monoisotopic (exact) mass is 546 g/mol. The molecule has 0 aliphatic heterocycles. The van der Waals surface area contributed by atoms with Crippen molar-refractivity contribution in [1.29, 1.82) is 0 Å². The van der Waals surface area contributed by atoms with Crippen molar-refractivity contribution < 1.29 is 0 Å². The molecule has 0 unspecified atom stereocenters. The van der Waals surface area contributed by atoms with Gasteiger partial charge in [0.2, 0.25) is 0 Å². The third kappa shape index (κ3) is 25.3. The minimum atomic E-state index is 0.304. The molecule has 0 aliphatic carbocycles. The molecule has 0 fully saturated rings. The van der Waals surface area contributed by atoms with Gasteiger partial charge in [-0.05, 0) is 74.7 Å². The van der Waals surface area contributed by atoms with Crippen LogP contribution in [0.4, 0.5) is 0 Å². The highest BCUT2D eigenvalue weighted by atomic mass is 31.2. The zero-order valence-corrected chi connectivity index (χ0v) is 28.1. The summed E-state index contributed by atoms with van der Waals surface area (Å²) in [5.41, 5.74) is 0.